The molecule has 2 aromatic carbocycles. The highest BCUT2D eigenvalue weighted by Gasteiger charge is 2.05. The summed E-state index contributed by atoms with van der Waals surface area (Å²) in [5, 5.41) is 3.33. The van der Waals surface area contributed by atoms with E-state index >= 15 is 0 Å². The van der Waals surface area contributed by atoms with Gasteiger partial charge in [0.25, 0.3) is 5.91 Å². The predicted molar refractivity (Wildman–Crippen MR) is 100.0 cm³/mol. The molecule has 0 saturated carbocycles. The van der Waals surface area contributed by atoms with E-state index in [0.717, 1.165) is 17.7 Å². The van der Waals surface area contributed by atoms with Crippen molar-refractivity contribution in [3.05, 3.63) is 59.7 Å². The third kappa shape index (κ3) is 5.55. The third-order valence-corrected chi connectivity index (χ3v) is 3.57. The number of aryl methyl sites for hydroxylation is 2. The number of hydrogen-bond acceptors (Lipinski definition) is 3. The minimum absolute atomic E-state index is 0.0915. The number of carbonyl (C=O) groups is 1. The first-order chi connectivity index (χ1) is 11.6. The zero-order valence-corrected chi connectivity index (χ0v) is 14.6. The van der Waals surface area contributed by atoms with Crippen molar-refractivity contribution in [1.82, 2.24) is 10.9 Å². The number of para-hydroxylation sites is 1. The fraction of sp³-hybridized carbons (Fsp3) is 0.222. The molecule has 0 radical (unpaired) electrons. The molecule has 0 aliphatic carbocycles. The summed E-state index contributed by atoms with van der Waals surface area (Å²) in [4.78, 5) is 11.8. The molecule has 0 atom stereocenters. The quantitative estimate of drug-likeness (QED) is 0.575. The van der Waals surface area contributed by atoms with Gasteiger partial charge in [-0.15, -0.1) is 0 Å². The van der Waals surface area contributed by atoms with Crippen LogP contribution < -0.4 is 20.9 Å². The summed E-state index contributed by atoms with van der Waals surface area (Å²) in [6, 6.07) is 15.5. The van der Waals surface area contributed by atoms with Gasteiger partial charge >= 0.3 is 0 Å². The van der Waals surface area contributed by atoms with Crippen molar-refractivity contribution >= 4 is 28.9 Å². The molecule has 3 N–H and O–H groups in total. The number of benzene rings is 2. The van der Waals surface area contributed by atoms with E-state index in [1.165, 1.54) is 5.56 Å². The first kappa shape index (κ1) is 17.7. The van der Waals surface area contributed by atoms with Crippen LogP contribution in [0.25, 0.3) is 0 Å². The summed E-state index contributed by atoms with van der Waals surface area (Å²) < 4.78 is 5.46. The Labute approximate surface area is 147 Å². The second kappa shape index (κ2) is 8.88. The van der Waals surface area contributed by atoms with Crippen LogP contribution in [0.2, 0.25) is 0 Å². The second-order valence-electron chi connectivity index (χ2n) is 5.24. The van der Waals surface area contributed by atoms with E-state index in [4.69, 9.17) is 17.0 Å². The van der Waals surface area contributed by atoms with Gasteiger partial charge < -0.3 is 10.1 Å². The van der Waals surface area contributed by atoms with E-state index in [1.807, 2.05) is 55.5 Å². The monoisotopic (exact) mass is 343 g/mol. The maximum atomic E-state index is 11.8. The molecule has 2 aromatic rings. The van der Waals surface area contributed by atoms with E-state index in [9.17, 15) is 4.79 Å². The van der Waals surface area contributed by atoms with Crippen molar-refractivity contribution in [3.8, 4) is 5.75 Å². The lowest BCUT2D eigenvalue weighted by Crippen LogP contribution is -2.45. The smallest absolute Gasteiger partial charge is 0.276 e. The number of rotatable bonds is 5. The zero-order chi connectivity index (χ0) is 17.4. The second-order valence-corrected chi connectivity index (χ2v) is 5.64. The molecule has 0 saturated heterocycles. The first-order valence-electron chi connectivity index (χ1n) is 7.71. The fourth-order valence-electron chi connectivity index (χ4n) is 2.06. The Hall–Kier alpha value is -2.60. The molecule has 0 bridgehead atoms. The number of thiocarbonyl (C=S) groups is 1. The van der Waals surface area contributed by atoms with Crippen molar-refractivity contribution in [1.29, 1.82) is 0 Å². The molecule has 5 nitrogen and oxygen atoms in total. The van der Waals surface area contributed by atoms with Crippen LogP contribution in [0.15, 0.2) is 48.5 Å². The number of amides is 1. The minimum atomic E-state index is -0.315. The molecule has 0 fully saturated rings. The van der Waals surface area contributed by atoms with Crippen LogP contribution in [0.1, 0.15) is 18.1 Å². The van der Waals surface area contributed by atoms with E-state index in [1.54, 1.807) is 0 Å². The number of hydrogen-bond donors (Lipinski definition) is 3. The van der Waals surface area contributed by atoms with Gasteiger partial charge in [-0.3, -0.25) is 15.6 Å². The van der Waals surface area contributed by atoms with E-state index in [0.29, 0.717) is 10.9 Å². The van der Waals surface area contributed by atoms with Gasteiger partial charge in [-0.1, -0.05) is 37.3 Å². The van der Waals surface area contributed by atoms with Crippen LogP contribution in [-0.2, 0) is 11.2 Å². The van der Waals surface area contributed by atoms with Gasteiger partial charge in [-0.05, 0) is 54.9 Å². The molecular weight excluding hydrogens is 322 g/mol. The van der Waals surface area contributed by atoms with Crippen molar-refractivity contribution in [3.63, 3.8) is 0 Å². The summed E-state index contributed by atoms with van der Waals surface area (Å²) in [5.74, 6) is 0.370. The third-order valence-electron chi connectivity index (χ3n) is 3.36. The Bertz CT molecular complexity index is 719. The Morgan fingerprint density at radius 3 is 2.67 bits per heavy atom. The van der Waals surface area contributed by atoms with Gasteiger partial charge in [-0.2, -0.15) is 0 Å². The predicted octanol–water partition coefficient (Wildman–Crippen LogP) is 2.95. The number of carbonyl (C=O) groups excluding carboxylic acids is 1. The molecule has 2 rings (SSSR count). The Balaban J connectivity index is 1.75. The van der Waals surface area contributed by atoms with E-state index < -0.39 is 0 Å². The SMILES string of the molecule is CCc1cccc(NC(=S)NNC(=O)COc2ccccc2C)c1. The molecule has 0 spiro atoms. The highest BCUT2D eigenvalue weighted by Crippen LogP contribution is 2.15. The molecule has 6 heteroatoms. The van der Waals surface area contributed by atoms with Crippen LogP contribution in [0.4, 0.5) is 5.69 Å². The normalized spacial score (nSPS) is 9.92. The van der Waals surface area contributed by atoms with Crippen LogP contribution >= 0.6 is 12.2 Å². The molecule has 0 unspecified atom stereocenters. The minimum Gasteiger partial charge on any atom is -0.483 e. The zero-order valence-electron chi connectivity index (χ0n) is 13.8. The lowest BCUT2D eigenvalue weighted by molar-refractivity contribution is -0.123. The molecule has 24 heavy (non-hydrogen) atoms. The van der Waals surface area contributed by atoms with E-state index in [2.05, 4.69) is 23.1 Å². The standard InChI is InChI=1S/C18H21N3O2S/c1-3-14-8-6-9-15(11-14)19-18(24)21-20-17(22)12-23-16-10-5-4-7-13(16)2/h4-11H,3,12H2,1-2H3,(H,20,22)(H2,19,21,24). The van der Waals surface area contributed by atoms with Gasteiger partial charge in [-0.25, -0.2) is 0 Å². The molecular formula is C18H21N3O2S. The summed E-state index contributed by atoms with van der Waals surface area (Å²) >= 11 is 5.15. The molecule has 1 amide bonds. The maximum Gasteiger partial charge on any atom is 0.276 e. The first-order valence-corrected chi connectivity index (χ1v) is 8.12. The van der Waals surface area contributed by atoms with Crippen LogP contribution in [-0.4, -0.2) is 17.6 Å². The van der Waals surface area contributed by atoms with Crippen molar-refractivity contribution < 1.29 is 9.53 Å². The highest BCUT2D eigenvalue weighted by molar-refractivity contribution is 7.80. The number of anilines is 1. The molecule has 0 aromatic heterocycles. The Morgan fingerprint density at radius 2 is 1.92 bits per heavy atom. The fourth-order valence-corrected chi connectivity index (χ4v) is 2.22. The Morgan fingerprint density at radius 1 is 1.12 bits per heavy atom. The van der Waals surface area contributed by atoms with E-state index in [-0.39, 0.29) is 12.5 Å². The van der Waals surface area contributed by atoms with Crippen molar-refractivity contribution in [2.75, 3.05) is 11.9 Å². The number of hydrazine groups is 1. The van der Waals surface area contributed by atoms with Gasteiger partial charge in [0.1, 0.15) is 5.75 Å². The van der Waals surface area contributed by atoms with Crippen LogP contribution in [0.3, 0.4) is 0 Å². The summed E-state index contributed by atoms with van der Waals surface area (Å²) in [6.45, 7) is 3.92. The molecule has 0 aliphatic rings. The number of ether oxygens (including phenoxy) is 1. The summed E-state index contributed by atoms with van der Waals surface area (Å²) in [6.07, 6.45) is 0.947. The summed E-state index contributed by atoms with van der Waals surface area (Å²) in [7, 11) is 0. The lowest BCUT2D eigenvalue weighted by Gasteiger charge is -2.13. The highest BCUT2D eigenvalue weighted by atomic mass is 32.1. The van der Waals surface area contributed by atoms with Crippen LogP contribution in [0, 0.1) is 6.92 Å². The summed E-state index contributed by atoms with van der Waals surface area (Å²) in [5.41, 5.74) is 8.22. The average Bonchev–Trinajstić information content (AvgIpc) is 2.59. The molecule has 0 aliphatic heterocycles. The van der Waals surface area contributed by atoms with Crippen molar-refractivity contribution in [2.24, 2.45) is 0 Å². The topological polar surface area (TPSA) is 62.4 Å². The lowest BCUT2D eigenvalue weighted by atomic mass is 10.1. The number of nitrogens with one attached hydrogen (secondary N) is 3. The van der Waals surface area contributed by atoms with Crippen molar-refractivity contribution in [2.45, 2.75) is 20.3 Å². The average molecular weight is 343 g/mol. The van der Waals surface area contributed by atoms with Gasteiger partial charge in [0.2, 0.25) is 0 Å². The molecule has 126 valence electrons. The van der Waals surface area contributed by atoms with Gasteiger partial charge in [0, 0.05) is 5.69 Å². The molecule has 0 heterocycles. The largest absolute Gasteiger partial charge is 0.483 e. The maximum absolute atomic E-state index is 11.8. The van der Waals surface area contributed by atoms with Gasteiger partial charge in [0.15, 0.2) is 11.7 Å². The van der Waals surface area contributed by atoms with Gasteiger partial charge in [0.05, 0.1) is 0 Å². The Kier molecular flexibility index (Phi) is 6.57. The van der Waals surface area contributed by atoms with Crippen LogP contribution in [0.5, 0.6) is 5.75 Å².